The van der Waals surface area contributed by atoms with Crippen molar-refractivity contribution in [1.82, 2.24) is 0 Å². The zero-order valence-corrected chi connectivity index (χ0v) is 8.60. The maximum absolute atomic E-state index is 13.0. The molecule has 11 heteroatoms. The Hall–Kier alpha value is -1.03. The fraction of sp³-hybridized carbons (Fsp3) is 0.750. The van der Waals surface area contributed by atoms with Crippen LogP contribution in [0.4, 0.5) is 48.3 Å². The molecule has 0 saturated heterocycles. The van der Waals surface area contributed by atoms with Crippen LogP contribution in [-0.4, -0.2) is 24.2 Å². The van der Waals surface area contributed by atoms with Crippen molar-refractivity contribution < 1.29 is 48.3 Å². The van der Waals surface area contributed by atoms with E-state index in [1.807, 2.05) is 0 Å². The smallest absolute Gasteiger partial charge is 0.224 e. The first-order valence-corrected chi connectivity index (χ1v) is 4.33. The van der Waals surface area contributed by atoms with Crippen molar-refractivity contribution in [2.75, 3.05) is 0 Å². The second kappa shape index (κ2) is 5.16. The van der Waals surface area contributed by atoms with Gasteiger partial charge in [0.05, 0.1) is 12.2 Å². The summed E-state index contributed by atoms with van der Waals surface area (Å²) in [6.07, 6.45) is -23.4. The third-order valence-corrected chi connectivity index (χ3v) is 2.13. The van der Waals surface area contributed by atoms with E-state index in [0.29, 0.717) is 0 Å². The number of allylic oxidation sites excluding steroid dienone is 1. The van der Waals surface area contributed by atoms with Crippen molar-refractivity contribution in [2.24, 2.45) is 5.92 Å². The lowest BCUT2D eigenvalue weighted by atomic mass is 9.90. The summed E-state index contributed by atoms with van der Waals surface area (Å²) in [6, 6.07) is 0. The molecule has 0 aromatic rings. The number of hydrogen-bond donors (Lipinski definition) is 0. The lowest BCUT2D eigenvalue weighted by Gasteiger charge is -2.32. The average molecular weight is 310 g/mol. The third-order valence-electron chi connectivity index (χ3n) is 2.13. The van der Waals surface area contributed by atoms with Crippen LogP contribution in [0.15, 0.2) is 12.4 Å². The third kappa shape index (κ3) is 3.96. The van der Waals surface area contributed by atoms with Crippen molar-refractivity contribution in [3.8, 4) is 0 Å². The SMILES string of the molecule is F/C=C\C(CC(F)(C(F)(F)F)C(F)(F)F)C(F)(F)F. The van der Waals surface area contributed by atoms with Crippen molar-refractivity contribution >= 4 is 0 Å². The van der Waals surface area contributed by atoms with Crippen LogP contribution in [0.3, 0.4) is 0 Å². The minimum atomic E-state index is -6.61. The Morgan fingerprint density at radius 2 is 1.11 bits per heavy atom. The first kappa shape index (κ1) is 18.0. The van der Waals surface area contributed by atoms with Crippen LogP contribution < -0.4 is 0 Å². The van der Waals surface area contributed by atoms with Gasteiger partial charge in [0.2, 0.25) is 0 Å². The van der Waals surface area contributed by atoms with E-state index in [2.05, 4.69) is 0 Å². The Morgan fingerprint density at radius 3 is 1.32 bits per heavy atom. The Morgan fingerprint density at radius 1 is 0.737 bits per heavy atom. The second-order valence-electron chi connectivity index (χ2n) is 3.47. The molecule has 0 aliphatic carbocycles. The molecule has 114 valence electrons. The number of alkyl halides is 10. The lowest BCUT2D eigenvalue weighted by Crippen LogP contribution is -2.55. The zero-order valence-electron chi connectivity index (χ0n) is 8.60. The molecule has 0 radical (unpaired) electrons. The maximum atomic E-state index is 13.0. The van der Waals surface area contributed by atoms with Crippen LogP contribution >= 0.6 is 0 Å². The summed E-state index contributed by atoms with van der Waals surface area (Å²) in [6.45, 7) is 0. The summed E-state index contributed by atoms with van der Waals surface area (Å²) in [5, 5.41) is 0. The summed E-state index contributed by atoms with van der Waals surface area (Å²) >= 11 is 0. The Balaban J connectivity index is 5.58. The molecule has 0 amide bonds. The molecule has 0 spiro atoms. The molecule has 1 atom stereocenters. The molecule has 0 fully saturated rings. The van der Waals surface area contributed by atoms with E-state index in [4.69, 9.17) is 0 Å². The van der Waals surface area contributed by atoms with E-state index >= 15 is 0 Å². The minimum Gasteiger partial charge on any atom is -0.224 e. The van der Waals surface area contributed by atoms with Gasteiger partial charge in [-0.15, -0.1) is 0 Å². The molecular formula is C8H5F11. The van der Waals surface area contributed by atoms with Crippen LogP contribution in [0.2, 0.25) is 0 Å². The lowest BCUT2D eigenvalue weighted by molar-refractivity contribution is -0.350. The molecule has 19 heavy (non-hydrogen) atoms. The van der Waals surface area contributed by atoms with Crippen LogP contribution in [0.1, 0.15) is 6.42 Å². The van der Waals surface area contributed by atoms with E-state index in [1.54, 1.807) is 0 Å². The van der Waals surface area contributed by atoms with Gasteiger partial charge in [-0.25, -0.2) is 8.78 Å². The molecule has 0 aliphatic rings. The van der Waals surface area contributed by atoms with Crippen LogP contribution in [-0.2, 0) is 0 Å². The monoisotopic (exact) mass is 310 g/mol. The fourth-order valence-electron chi connectivity index (χ4n) is 1.08. The number of hydrogen-bond acceptors (Lipinski definition) is 0. The Labute approximate surface area is 98.4 Å². The van der Waals surface area contributed by atoms with Crippen molar-refractivity contribution in [2.45, 2.75) is 30.6 Å². The normalized spacial score (nSPS) is 17.0. The largest absolute Gasteiger partial charge is 0.431 e. The van der Waals surface area contributed by atoms with Gasteiger partial charge in [-0.2, -0.15) is 39.5 Å². The highest BCUT2D eigenvalue weighted by Crippen LogP contribution is 2.51. The standard InChI is InChI=1S/C8H5F11/c9-2-1-4(6(11,12)13)3-5(10,7(14,15)16)8(17,18)19/h1-2,4H,3H2/b2-1-. The fourth-order valence-corrected chi connectivity index (χ4v) is 1.08. The van der Waals surface area contributed by atoms with Gasteiger partial charge in [0.1, 0.15) is 0 Å². The molecule has 0 saturated carbocycles. The van der Waals surface area contributed by atoms with Crippen LogP contribution in [0.25, 0.3) is 0 Å². The van der Waals surface area contributed by atoms with Crippen LogP contribution in [0, 0.1) is 5.92 Å². The van der Waals surface area contributed by atoms with E-state index in [9.17, 15) is 48.3 Å². The quantitative estimate of drug-likeness (QED) is 0.652. The zero-order chi connectivity index (χ0) is 15.7. The second-order valence-corrected chi connectivity index (χ2v) is 3.47. The predicted molar refractivity (Wildman–Crippen MR) is 40.4 cm³/mol. The summed E-state index contributed by atoms with van der Waals surface area (Å²) in [7, 11) is 0. The van der Waals surface area contributed by atoms with Crippen molar-refractivity contribution in [1.29, 1.82) is 0 Å². The highest BCUT2D eigenvalue weighted by molar-refractivity contribution is 5.01. The van der Waals surface area contributed by atoms with Crippen molar-refractivity contribution in [3.63, 3.8) is 0 Å². The van der Waals surface area contributed by atoms with Gasteiger partial charge in [0.25, 0.3) is 5.67 Å². The van der Waals surface area contributed by atoms with E-state index in [0.717, 1.165) is 0 Å². The summed E-state index contributed by atoms with van der Waals surface area (Å²) < 4.78 is 133. The Kier molecular flexibility index (Phi) is 4.88. The topological polar surface area (TPSA) is 0 Å². The summed E-state index contributed by atoms with van der Waals surface area (Å²) in [4.78, 5) is 0. The van der Waals surface area contributed by atoms with Gasteiger partial charge in [0, 0.05) is 6.42 Å². The summed E-state index contributed by atoms with van der Waals surface area (Å²) in [5.41, 5.74) is -6.08. The van der Waals surface area contributed by atoms with Gasteiger partial charge in [-0.3, -0.25) is 0 Å². The van der Waals surface area contributed by atoms with Gasteiger partial charge >= 0.3 is 18.5 Å². The van der Waals surface area contributed by atoms with Gasteiger partial charge < -0.3 is 0 Å². The first-order valence-electron chi connectivity index (χ1n) is 4.33. The van der Waals surface area contributed by atoms with Gasteiger partial charge in [-0.1, -0.05) is 0 Å². The molecule has 0 bridgehead atoms. The summed E-state index contributed by atoms with van der Waals surface area (Å²) in [5.74, 6) is -3.56. The molecule has 0 N–H and O–H groups in total. The number of rotatable bonds is 3. The highest BCUT2D eigenvalue weighted by Gasteiger charge is 2.73. The number of halogens is 11. The molecular weight excluding hydrogens is 305 g/mol. The maximum Gasteiger partial charge on any atom is 0.431 e. The molecule has 0 rings (SSSR count). The predicted octanol–water partition coefficient (Wildman–Crippen LogP) is 4.87. The van der Waals surface area contributed by atoms with Gasteiger partial charge in [-0.05, 0) is 6.08 Å². The van der Waals surface area contributed by atoms with Crippen LogP contribution in [0.5, 0.6) is 0 Å². The molecule has 1 unspecified atom stereocenters. The molecule has 0 heterocycles. The molecule has 0 aromatic heterocycles. The molecule has 0 nitrogen and oxygen atoms in total. The van der Waals surface area contributed by atoms with E-state index in [1.165, 1.54) is 0 Å². The van der Waals surface area contributed by atoms with E-state index < -0.39 is 48.9 Å². The van der Waals surface area contributed by atoms with Crippen molar-refractivity contribution in [3.05, 3.63) is 12.4 Å². The minimum absolute atomic E-state index is 0.619. The van der Waals surface area contributed by atoms with E-state index in [-0.39, 0.29) is 0 Å². The molecule has 0 aromatic carbocycles. The first-order chi connectivity index (χ1) is 8.17. The highest BCUT2D eigenvalue weighted by atomic mass is 19.4. The molecule has 0 aliphatic heterocycles. The average Bonchev–Trinajstić information content (AvgIpc) is 2.11. The Bertz CT molecular complexity index is 303. The van der Waals surface area contributed by atoms with Gasteiger partial charge in [0.15, 0.2) is 0 Å².